The van der Waals surface area contributed by atoms with Gasteiger partial charge in [-0.1, -0.05) is 169 Å². The number of amides is 6. The molecule has 2 aromatic rings. The van der Waals surface area contributed by atoms with Gasteiger partial charge in [-0.3, -0.25) is 28.8 Å². The maximum absolute atomic E-state index is 14.5. The Labute approximate surface area is 677 Å². The van der Waals surface area contributed by atoms with Crippen molar-refractivity contribution in [1.82, 2.24) is 31.1 Å². The van der Waals surface area contributed by atoms with Crippen molar-refractivity contribution >= 4 is 82.0 Å². The van der Waals surface area contributed by atoms with Crippen LogP contribution in [-0.4, -0.2) is 140 Å². The van der Waals surface area contributed by atoms with E-state index in [0.717, 1.165) is 62.5 Å². The summed E-state index contributed by atoms with van der Waals surface area (Å²) in [4.78, 5) is 123. The molecule has 4 aliphatic heterocycles. The minimum absolute atomic E-state index is 0. The number of halogens is 2. The van der Waals surface area contributed by atoms with Crippen molar-refractivity contribution < 1.29 is 57.9 Å². The van der Waals surface area contributed by atoms with Crippen LogP contribution in [0.4, 0.5) is 0 Å². The van der Waals surface area contributed by atoms with Gasteiger partial charge in [0.05, 0.1) is 31.6 Å². The second-order valence-corrected chi connectivity index (χ2v) is 32.1. The van der Waals surface area contributed by atoms with Crippen molar-refractivity contribution in [3.8, 4) is 0 Å². The number of rotatable bonds is 18. The Morgan fingerprint density at radius 3 is 1.18 bits per heavy atom. The Morgan fingerprint density at radius 2 is 0.877 bits per heavy atom. The topological polar surface area (TPSA) is 264 Å². The fourth-order valence-corrected chi connectivity index (χ4v) is 15.1. The highest BCUT2D eigenvalue weighted by atomic mass is 35.5. The minimum Gasteiger partial charge on any atom is -0.479 e. The Morgan fingerprint density at radius 1 is 0.544 bits per heavy atom. The maximum Gasteiger partial charge on any atom is 0.332 e. The first kappa shape index (κ1) is 89.3. The fourth-order valence-electron chi connectivity index (χ4n) is 14.7. The monoisotopic (exact) mass is 1570 g/mol. The average Bonchev–Trinajstić information content (AvgIpc) is 1.58. The van der Waals surface area contributed by atoms with Gasteiger partial charge in [-0.15, -0.1) is 13.2 Å². The largest absolute Gasteiger partial charge is 0.479 e. The molecule has 6 amide bonds. The zero-order chi connectivity index (χ0) is 82.0. The molecule has 4 aliphatic carbocycles. The molecule has 2 aromatic carbocycles. The standard InChI is InChI=1S/C34H45ClN4O6.C33H43ClN4O6.C24H4.CH4/c1-6-23-17-34(23,31(43)44-5)37-29(41)26-19-33(18-25(38-45-33)22-13-10-14-24(35)16-22)20-39(26)30(42)28(32(2,3)4)36-27(40)15-21-11-8-7-9-12-21;1-5-22-16-33(22,30(42)43)36-28(40)25-18-32(17-24(37-44-32)21-12-9-13-23(34)15-21)19-38(25)29(41)27(31(2,3)4)35-26(39)14-20-10-7-6-8-11-20;1-3-5-7-9-11-13-15-17-19-21-23-24-22-20-18-16-14-12-10-8-6-4-2;/h6,10,13-14,16,21,23,26,28H,1,7-9,11-12,15,17-20H2,2-5H3,(H,36,40)(H,37,41);5,9,12-13,15,20,22,25,27H,1,6-8,10-11,14,16-19H2,2-4H3,(H,35,39)(H,36,40)(H,42,43);1-2H2;1H4/t23-,26+,28-,33-,34-;22-,25+,27-,32-,33-;;/m11../s1. The number of carboxylic acids is 1. The summed E-state index contributed by atoms with van der Waals surface area (Å²) >= 11 is 12.4. The lowest BCUT2D eigenvalue weighted by Crippen LogP contribution is -2.59. The van der Waals surface area contributed by atoms with Crippen LogP contribution in [0.2, 0.25) is 10.0 Å². The molecule has 0 bridgehead atoms. The summed E-state index contributed by atoms with van der Waals surface area (Å²) in [5.74, 6) is -3.99. The molecule has 0 radical (unpaired) electrons. The van der Waals surface area contributed by atoms with Gasteiger partial charge in [0.25, 0.3) is 0 Å². The molecule has 8 aliphatic rings. The van der Waals surface area contributed by atoms with E-state index in [4.69, 9.17) is 37.6 Å². The molecule has 114 heavy (non-hydrogen) atoms. The number of nitrogens with one attached hydrogen (secondary N) is 4. The number of likely N-dealkylation sites (tertiary alicyclic amines) is 2. The number of hydrogen-bond donors (Lipinski definition) is 5. The predicted octanol–water partition coefficient (Wildman–Crippen LogP) is 13.8. The molecule has 590 valence electrons. The van der Waals surface area contributed by atoms with Crippen molar-refractivity contribution in [3.63, 3.8) is 0 Å². The normalized spacial score (nSPS) is 23.3. The van der Waals surface area contributed by atoms with Crippen LogP contribution in [-0.2, 0) is 52.8 Å². The number of benzene rings is 2. The minimum atomic E-state index is -1.46. The third-order valence-electron chi connectivity index (χ3n) is 20.8. The van der Waals surface area contributed by atoms with Crippen molar-refractivity contribution in [1.29, 1.82) is 0 Å². The molecule has 10 atom stereocenters. The van der Waals surface area contributed by atoms with Gasteiger partial charge in [-0.2, -0.15) is 0 Å². The number of carbonyl (C=O) groups is 8. The summed E-state index contributed by atoms with van der Waals surface area (Å²) in [5.41, 5.74) is 51.3. The van der Waals surface area contributed by atoms with E-state index in [1.54, 1.807) is 30.3 Å². The summed E-state index contributed by atoms with van der Waals surface area (Å²) < 4.78 is 5.02. The zero-order valence-corrected chi connectivity index (χ0v) is 66.4. The number of esters is 1. The van der Waals surface area contributed by atoms with Gasteiger partial charge >= 0.3 is 11.9 Å². The van der Waals surface area contributed by atoms with Crippen molar-refractivity contribution in [2.24, 2.45) is 44.8 Å². The van der Waals surface area contributed by atoms with E-state index < -0.39 is 92.9 Å². The van der Waals surface area contributed by atoms with E-state index in [1.165, 1.54) is 35.8 Å². The van der Waals surface area contributed by atoms with Crippen LogP contribution in [0.25, 0.3) is 0 Å². The number of carboxylic acid groups (broad SMARTS) is 1. The van der Waals surface area contributed by atoms with Gasteiger partial charge in [0, 0.05) is 94.5 Å². The van der Waals surface area contributed by atoms with Crippen LogP contribution in [0.5, 0.6) is 0 Å². The number of aliphatic carboxylic acids is 1. The van der Waals surface area contributed by atoms with E-state index >= 15 is 0 Å². The van der Waals surface area contributed by atoms with E-state index in [2.05, 4.69) is 184 Å². The molecule has 6 fully saturated rings. The van der Waals surface area contributed by atoms with Crippen LogP contribution >= 0.6 is 23.2 Å². The summed E-state index contributed by atoms with van der Waals surface area (Å²) in [6.45, 7) is 25.6. The van der Waals surface area contributed by atoms with Gasteiger partial charge in [-0.25, -0.2) is 9.59 Å². The summed E-state index contributed by atoms with van der Waals surface area (Å²) in [6.07, 6.45) is 16.3. The van der Waals surface area contributed by atoms with E-state index in [-0.39, 0.29) is 63.4 Å². The fraction of sp³-hybridized carbons (Fsp3) is 0.457. The first-order valence-electron chi connectivity index (χ1n) is 37.5. The molecule has 0 unspecified atom stereocenters. The Kier molecular flexibility index (Phi) is 32.2. The van der Waals surface area contributed by atoms with Crippen LogP contribution < -0.4 is 21.3 Å². The zero-order valence-electron chi connectivity index (χ0n) is 64.8. The highest BCUT2D eigenvalue weighted by Crippen LogP contribution is 2.48. The van der Waals surface area contributed by atoms with E-state index in [1.807, 2.05) is 65.8 Å². The van der Waals surface area contributed by atoms with Crippen LogP contribution in [0, 0.1) is 34.5 Å². The van der Waals surface area contributed by atoms with Crippen molar-refractivity contribution in [3.05, 3.63) is 234 Å². The van der Waals surface area contributed by atoms with Gasteiger partial charge < -0.3 is 50.6 Å². The molecule has 10 rings (SSSR count). The molecular weight excluding hydrogens is 1480 g/mol. The molecule has 0 aromatic heterocycles. The molecule has 20 nitrogen and oxygen atoms in total. The highest BCUT2D eigenvalue weighted by Gasteiger charge is 2.65. The van der Waals surface area contributed by atoms with E-state index in [9.17, 15) is 43.5 Å². The third-order valence-corrected chi connectivity index (χ3v) is 21.3. The Bertz CT molecular complexity index is 4990. The Hall–Kier alpha value is -11.9. The Balaban J connectivity index is 0.000000248. The molecule has 4 heterocycles. The smallest absolute Gasteiger partial charge is 0.332 e. The van der Waals surface area contributed by atoms with Crippen molar-refractivity contribution in [2.45, 2.75) is 211 Å². The lowest BCUT2D eigenvalue weighted by Gasteiger charge is -2.36. The molecule has 2 spiro atoms. The van der Waals surface area contributed by atoms with Gasteiger partial charge in [0.15, 0.2) is 11.2 Å². The molecule has 5 N–H and O–H groups in total. The molecule has 22 heteroatoms. The van der Waals surface area contributed by atoms with Crippen molar-refractivity contribution in [2.75, 3.05) is 20.2 Å². The number of carbonyl (C=O) groups excluding carboxylic acids is 7. The summed E-state index contributed by atoms with van der Waals surface area (Å²) in [6, 6.07) is 10.7. The second kappa shape index (κ2) is 41.0. The lowest BCUT2D eigenvalue weighted by atomic mass is 9.84. The van der Waals surface area contributed by atoms with Gasteiger partial charge in [0.2, 0.25) is 35.4 Å². The lowest BCUT2D eigenvalue weighted by molar-refractivity contribution is -0.149. The number of nitrogens with zero attached hydrogens (tertiary/aromatic N) is 4. The van der Waals surface area contributed by atoms with Crippen LogP contribution in [0.15, 0.2) is 223 Å². The maximum atomic E-state index is 14.5. The summed E-state index contributed by atoms with van der Waals surface area (Å²) in [7, 11) is 1.28. The first-order valence-corrected chi connectivity index (χ1v) is 38.2. The second-order valence-electron chi connectivity index (χ2n) is 31.2. The predicted molar refractivity (Wildman–Crippen MR) is 432 cm³/mol. The molecular formula is C92H96Cl2N8O12. The number of methoxy groups -OCH3 is 1. The first-order chi connectivity index (χ1) is 54.0. The number of oxime groups is 2. The van der Waals surface area contributed by atoms with Gasteiger partial charge in [-0.05, 0) is 190 Å². The quantitative estimate of drug-likeness (QED) is 0.0530. The average molecular weight is 1580 g/mol. The number of hydrogen-bond acceptors (Lipinski definition) is 13. The highest BCUT2D eigenvalue weighted by molar-refractivity contribution is 6.31. The molecule has 4 saturated carbocycles. The SMILES string of the molecule is C.C=C=C=C=C=C=C=C=C=C=C=C=C=C=C=C=C=C=C=C=C=C=C=C.C=C[C@@H]1C[C@]1(NC(=O)[C@@H]1C[C@]2(CC(c3cccc(Cl)c3)=NO2)CN1C(=O)[C@@H](NC(=O)CC1CCCCC1)C(C)(C)C)C(=O)O.C=C[C@@H]1C[C@]1(NC(=O)[C@@H]1C[C@]2(CC(c3cccc(Cl)c3)=NO2)CN1C(=O)[C@@H](NC(=O)CC1CCCCC1)C(C)(C)C)C(=O)OC. The number of ether oxygens (including phenoxy) is 1. The van der Waals surface area contributed by atoms with Crippen LogP contribution in [0.1, 0.15) is 176 Å². The van der Waals surface area contributed by atoms with Crippen LogP contribution in [0.3, 0.4) is 0 Å². The van der Waals surface area contributed by atoms with E-state index in [0.29, 0.717) is 65.4 Å². The molecule has 2 saturated heterocycles. The third kappa shape index (κ3) is 24.3. The van der Waals surface area contributed by atoms with Gasteiger partial charge in [0.1, 0.15) is 35.2 Å². The summed E-state index contributed by atoms with van der Waals surface area (Å²) in [5, 5.41) is 31.4.